The first-order chi connectivity index (χ1) is 13.9. The van der Waals surface area contributed by atoms with Crippen molar-refractivity contribution in [2.75, 3.05) is 37.1 Å². The molecule has 6 nitrogen and oxygen atoms in total. The van der Waals surface area contributed by atoms with Crippen molar-refractivity contribution < 1.29 is 28.6 Å². The molecule has 0 N–H and O–H groups in total. The van der Waals surface area contributed by atoms with Gasteiger partial charge in [0.2, 0.25) is 0 Å². The van der Waals surface area contributed by atoms with E-state index in [2.05, 4.69) is 6.92 Å². The summed E-state index contributed by atoms with van der Waals surface area (Å²) in [6.45, 7) is 8.85. The predicted molar refractivity (Wildman–Crippen MR) is 127 cm³/mol. The van der Waals surface area contributed by atoms with E-state index in [4.69, 9.17) is 14.2 Å². The van der Waals surface area contributed by atoms with Crippen LogP contribution in [0.25, 0.3) is 0 Å². The quantitative estimate of drug-likeness (QED) is 0.0993. The number of rotatable bonds is 18. The molecule has 29 heavy (non-hydrogen) atoms. The number of hydrogen-bond donors (Lipinski definition) is 0. The topological polar surface area (TPSA) is 78.9 Å². The molecule has 0 saturated heterocycles. The Morgan fingerprint density at radius 3 is 1.28 bits per heavy atom. The van der Waals surface area contributed by atoms with E-state index in [1.807, 2.05) is 26.8 Å². The van der Waals surface area contributed by atoms with Gasteiger partial charge in [0.05, 0.1) is 0 Å². The first-order valence-electron chi connectivity index (χ1n) is 10.3. The Kier molecular flexibility index (Phi) is 19.2. The fourth-order valence-electron chi connectivity index (χ4n) is 2.10. The maximum absolute atomic E-state index is 11.4. The Morgan fingerprint density at radius 2 is 1.00 bits per heavy atom. The van der Waals surface area contributed by atoms with E-state index in [-0.39, 0.29) is 17.9 Å². The molecule has 0 saturated carbocycles. The van der Waals surface area contributed by atoms with E-state index >= 15 is 0 Å². The summed E-state index contributed by atoms with van der Waals surface area (Å²) in [5.74, 6) is 1.86. The fraction of sp³-hybridized carbons (Fsp3) is 0.842. The summed E-state index contributed by atoms with van der Waals surface area (Å²) in [6, 6.07) is 0. The zero-order chi connectivity index (χ0) is 22.0. The first-order valence-corrected chi connectivity index (χ1v) is 25.8. The van der Waals surface area contributed by atoms with Crippen LogP contribution in [0.2, 0.25) is 4.44 Å². The van der Waals surface area contributed by atoms with Crippen molar-refractivity contribution in [2.45, 2.75) is 64.2 Å². The van der Waals surface area contributed by atoms with E-state index in [0.717, 1.165) is 30.1 Å². The van der Waals surface area contributed by atoms with Gasteiger partial charge in [-0.3, -0.25) is 0 Å². The average molecular weight is 575 g/mol. The van der Waals surface area contributed by atoms with E-state index in [1.165, 1.54) is 4.44 Å². The van der Waals surface area contributed by atoms with Gasteiger partial charge in [-0.2, -0.15) is 0 Å². The number of carbonyl (C=O) groups is 3. The Bertz CT molecular complexity index is 419. The van der Waals surface area contributed by atoms with Crippen LogP contribution in [0.3, 0.4) is 0 Å². The van der Waals surface area contributed by atoms with E-state index in [9.17, 15) is 14.4 Å². The van der Waals surface area contributed by atoms with Crippen molar-refractivity contribution in [1.82, 2.24) is 0 Å². The maximum atomic E-state index is 11.4. The molecule has 0 amide bonds. The SMILES string of the molecule is CCC[CH2][Sn]([S]CCOC(=O)CC)([S]CCOC(=O)CC)[S]CCOC(=O)CC. The molecule has 0 bridgehead atoms. The van der Waals surface area contributed by atoms with Gasteiger partial charge in [0.15, 0.2) is 0 Å². The number of esters is 3. The normalized spacial score (nSPS) is 11.2. The van der Waals surface area contributed by atoms with Crippen LogP contribution in [0.4, 0.5) is 0 Å². The van der Waals surface area contributed by atoms with Crippen LogP contribution in [-0.2, 0) is 28.6 Å². The predicted octanol–water partition coefficient (Wildman–Crippen LogP) is 4.78. The summed E-state index contributed by atoms with van der Waals surface area (Å²) in [6.07, 6.45) is 3.46. The van der Waals surface area contributed by atoms with Gasteiger partial charge in [-0.05, 0) is 0 Å². The average Bonchev–Trinajstić information content (AvgIpc) is 2.74. The van der Waals surface area contributed by atoms with Crippen LogP contribution in [0, 0.1) is 0 Å². The molecule has 0 rings (SSSR count). The second-order valence-corrected chi connectivity index (χ2v) is 40.1. The number of hydrogen-bond acceptors (Lipinski definition) is 9. The molecule has 0 aliphatic rings. The van der Waals surface area contributed by atoms with Gasteiger partial charge in [0.1, 0.15) is 0 Å². The molecule has 170 valence electrons. The molecule has 0 aliphatic heterocycles. The van der Waals surface area contributed by atoms with E-state index < -0.39 is 14.2 Å². The standard InChI is InChI=1S/3C5H10O2S.C4H9.Sn/c3*1-2-5(6)7-3-4-8;1-3-4-2;/h3*8H,2-4H2,1H3;1,3-4H2,2H3;/q;;;;+3/p-3. The van der Waals surface area contributed by atoms with Crippen molar-refractivity contribution in [1.29, 1.82) is 0 Å². The van der Waals surface area contributed by atoms with Gasteiger partial charge in [-0.15, -0.1) is 0 Å². The summed E-state index contributed by atoms with van der Waals surface area (Å²) >= 11 is -2.77. The molecule has 0 aromatic rings. The molecule has 0 heterocycles. The van der Waals surface area contributed by atoms with Crippen molar-refractivity contribution in [2.24, 2.45) is 0 Å². The third kappa shape index (κ3) is 15.7. The van der Waals surface area contributed by atoms with Gasteiger partial charge >= 0.3 is 189 Å². The molecular formula is C19H36O6S3Sn. The van der Waals surface area contributed by atoms with Gasteiger partial charge in [-0.25, -0.2) is 0 Å². The zero-order valence-electron chi connectivity index (χ0n) is 18.2. The molecule has 0 aromatic carbocycles. The molecule has 10 heteroatoms. The Morgan fingerprint density at radius 1 is 0.655 bits per heavy atom. The molecule has 0 spiro atoms. The summed E-state index contributed by atoms with van der Waals surface area (Å²) in [4.78, 5) is 34.2. The van der Waals surface area contributed by atoms with Crippen molar-refractivity contribution in [3.63, 3.8) is 0 Å². The summed E-state index contributed by atoms with van der Waals surface area (Å²) in [7, 11) is 5.91. The van der Waals surface area contributed by atoms with Crippen molar-refractivity contribution in [3.8, 4) is 0 Å². The van der Waals surface area contributed by atoms with Gasteiger partial charge in [-0.1, -0.05) is 0 Å². The molecule has 0 aromatic heterocycles. The second-order valence-electron chi connectivity index (χ2n) is 6.05. The number of carbonyl (C=O) groups excluding carboxylic acids is 3. The molecule has 0 aliphatic carbocycles. The zero-order valence-corrected chi connectivity index (χ0v) is 23.5. The summed E-state index contributed by atoms with van der Waals surface area (Å²) in [5.41, 5.74) is 0. The van der Waals surface area contributed by atoms with Gasteiger partial charge in [0.25, 0.3) is 0 Å². The number of unbranched alkanes of at least 4 members (excludes halogenated alkanes) is 1. The van der Waals surface area contributed by atoms with Gasteiger partial charge < -0.3 is 0 Å². The van der Waals surface area contributed by atoms with Crippen LogP contribution < -0.4 is 0 Å². The van der Waals surface area contributed by atoms with Crippen LogP contribution in [0.1, 0.15) is 59.8 Å². The monoisotopic (exact) mass is 576 g/mol. The second kappa shape index (κ2) is 19.0. The molecule has 0 unspecified atom stereocenters. The molecular weight excluding hydrogens is 539 g/mol. The van der Waals surface area contributed by atoms with Crippen LogP contribution in [0.5, 0.6) is 0 Å². The minimum atomic E-state index is -2.77. The van der Waals surface area contributed by atoms with Gasteiger partial charge in [0, 0.05) is 0 Å². The third-order valence-electron chi connectivity index (χ3n) is 3.71. The van der Waals surface area contributed by atoms with E-state index in [0.29, 0.717) is 39.1 Å². The molecule has 0 fully saturated rings. The molecule has 0 atom stereocenters. The Labute approximate surface area is 187 Å². The summed E-state index contributed by atoms with van der Waals surface area (Å²) < 4.78 is 16.9. The summed E-state index contributed by atoms with van der Waals surface area (Å²) in [5, 5.41) is 0. The Hall–Kier alpha value is 0.259. The van der Waals surface area contributed by atoms with Crippen LogP contribution in [-0.4, -0.2) is 69.2 Å². The third-order valence-corrected chi connectivity index (χ3v) is 43.8. The first kappa shape index (κ1) is 29.3. The number of ether oxygens (including phenoxy) is 3. The minimum absolute atomic E-state index is 0.168. The van der Waals surface area contributed by atoms with Crippen LogP contribution >= 0.6 is 26.8 Å². The van der Waals surface area contributed by atoms with Crippen molar-refractivity contribution in [3.05, 3.63) is 0 Å². The Balaban J connectivity index is 4.82. The van der Waals surface area contributed by atoms with Crippen molar-refractivity contribution >= 4 is 59.0 Å². The van der Waals surface area contributed by atoms with Crippen LogP contribution in [0.15, 0.2) is 0 Å². The molecule has 0 radical (unpaired) electrons. The van der Waals surface area contributed by atoms with E-state index in [1.54, 1.807) is 20.8 Å². The fourth-order valence-corrected chi connectivity index (χ4v) is 40.4.